The van der Waals surface area contributed by atoms with Gasteiger partial charge in [-0.3, -0.25) is 9.59 Å². The van der Waals surface area contributed by atoms with Crippen LogP contribution in [0.2, 0.25) is 0 Å². The van der Waals surface area contributed by atoms with Crippen molar-refractivity contribution in [2.45, 2.75) is 18.8 Å². The van der Waals surface area contributed by atoms with Crippen molar-refractivity contribution in [3.63, 3.8) is 0 Å². The number of aromatic amines is 1. The lowest BCUT2D eigenvalue weighted by Crippen LogP contribution is -2.40. The SMILES string of the molecule is O=C(c1cccc2nn3c(C4CCNCC4)cc(=O)[nH]c3c12)N1CCOCC1. The van der Waals surface area contributed by atoms with Crippen LogP contribution in [-0.4, -0.2) is 64.8 Å². The van der Waals surface area contributed by atoms with E-state index < -0.39 is 0 Å². The third-order valence-electron chi connectivity index (χ3n) is 5.75. The molecule has 0 unspecified atom stereocenters. The summed E-state index contributed by atoms with van der Waals surface area (Å²) < 4.78 is 7.20. The number of carbonyl (C=O) groups is 1. The highest BCUT2D eigenvalue weighted by atomic mass is 16.5. The highest BCUT2D eigenvalue weighted by Gasteiger charge is 2.25. The highest BCUT2D eigenvalue weighted by molar-refractivity contribution is 6.11. The van der Waals surface area contributed by atoms with Crippen molar-refractivity contribution >= 4 is 22.5 Å². The van der Waals surface area contributed by atoms with Crippen LogP contribution in [0.5, 0.6) is 0 Å². The zero-order valence-electron chi connectivity index (χ0n) is 15.6. The number of aromatic nitrogens is 3. The van der Waals surface area contributed by atoms with Crippen molar-refractivity contribution in [1.29, 1.82) is 0 Å². The Kier molecular flexibility index (Phi) is 4.37. The molecule has 0 spiro atoms. The molecule has 0 bridgehead atoms. The third kappa shape index (κ3) is 2.89. The zero-order chi connectivity index (χ0) is 19.1. The van der Waals surface area contributed by atoms with Gasteiger partial charge in [0, 0.05) is 25.1 Å². The maximum atomic E-state index is 13.2. The van der Waals surface area contributed by atoms with Crippen molar-refractivity contribution in [1.82, 2.24) is 24.8 Å². The summed E-state index contributed by atoms with van der Waals surface area (Å²) in [5.41, 5.74) is 2.66. The van der Waals surface area contributed by atoms with E-state index in [2.05, 4.69) is 10.3 Å². The minimum atomic E-state index is -0.156. The topological polar surface area (TPSA) is 91.7 Å². The van der Waals surface area contributed by atoms with Gasteiger partial charge in [0.1, 0.15) is 5.65 Å². The van der Waals surface area contributed by atoms with Crippen molar-refractivity contribution in [2.24, 2.45) is 0 Å². The molecule has 8 heteroatoms. The molecule has 3 aromatic rings. The van der Waals surface area contributed by atoms with Gasteiger partial charge < -0.3 is 19.9 Å². The maximum absolute atomic E-state index is 13.2. The summed E-state index contributed by atoms with van der Waals surface area (Å²) in [6.45, 7) is 4.11. The average Bonchev–Trinajstić information content (AvgIpc) is 3.12. The van der Waals surface area contributed by atoms with E-state index in [4.69, 9.17) is 9.84 Å². The number of hydrogen-bond acceptors (Lipinski definition) is 5. The lowest BCUT2D eigenvalue weighted by Gasteiger charge is -2.27. The quantitative estimate of drug-likeness (QED) is 0.694. The van der Waals surface area contributed by atoms with Crippen LogP contribution in [0.25, 0.3) is 16.6 Å². The van der Waals surface area contributed by atoms with Crippen molar-refractivity contribution < 1.29 is 9.53 Å². The molecule has 2 N–H and O–H groups in total. The van der Waals surface area contributed by atoms with Crippen LogP contribution in [-0.2, 0) is 4.74 Å². The first-order valence-corrected chi connectivity index (χ1v) is 9.85. The first-order valence-electron chi connectivity index (χ1n) is 9.85. The van der Waals surface area contributed by atoms with Gasteiger partial charge in [-0.2, -0.15) is 5.10 Å². The monoisotopic (exact) mass is 381 g/mol. The molecule has 1 amide bonds. The Hall–Kier alpha value is -2.71. The Balaban J connectivity index is 1.69. The smallest absolute Gasteiger partial charge is 0.254 e. The van der Waals surface area contributed by atoms with E-state index in [1.807, 2.05) is 22.7 Å². The molecule has 2 fully saturated rings. The molecule has 2 aliphatic rings. The van der Waals surface area contributed by atoms with Gasteiger partial charge in [-0.15, -0.1) is 0 Å². The van der Waals surface area contributed by atoms with E-state index in [0.29, 0.717) is 42.9 Å². The Bertz CT molecular complexity index is 1090. The fraction of sp³-hybridized carbons (Fsp3) is 0.450. The van der Waals surface area contributed by atoms with Gasteiger partial charge >= 0.3 is 0 Å². The van der Waals surface area contributed by atoms with Crippen molar-refractivity contribution in [3.8, 4) is 0 Å². The van der Waals surface area contributed by atoms with Crippen LogP contribution < -0.4 is 10.9 Å². The summed E-state index contributed by atoms with van der Waals surface area (Å²) in [6.07, 6.45) is 1.93. The molecule has 0 aliphatic carbocycles. The molecular formula is C20H23N5O3. The number of nitrogens with zero attached hydrogens (tertiary/aromatic N) is 3. The van der Waals surface area contributed by atoms with Crippen LogP contribution >= 0.6 is 0 Å². The van der Waals surface area contributed by atoms with E-state index in [-0.39, 0.29) is 17.4 Å². The Morgan fingerprint density at radius 1 is 1.18 bits per heavy atom. The molecule has 2 aliphatic heterocycles. The summed E-state index contributed by atoms with van der Waals surface area (Å²) >= 11 is 0. The molecule has 5 rings (SSSR count). The number of carbonyl (C=O) groups excluding carboxylic acids is 1. The number of nitrogens with one attached hydrogen (secondary N) is 2. The standard InChI is InChI=1S/C20H23N5O3/c26-17-12-16(13-4-6-21-7-5-13)25-19(22-17)18-14(2-1-3-15(18)23-25)20(27)24-8-10-28-11-9-24/h1-3,12-13,21H,4-11H2,(H,22,26). The van der Waals surface area contributed by atoms with Gasteiger partial charge in [-0.25, -0.2) is 4.52 Å². The Morgan fingerprint density at radius 3 is 2.75 bits per heavy atom. The number of ether oxygens (including phenoxy) is 1. The summed E-state index contributed by atoms with van der Waals surface area (Å²) in [5.74, 6) is 0.232. The normalized spacial score (nSPS) is 18.8. The summed E-state index contributed by atoms with van der Waals surface area (Å²) in [6, 6.07) is 7.21. The van der Waals surface area contributed by atoms with Gasteiger partial charge in [0.25, 0.3) is 11.5 Å². The van der Waals surface area contributed by atoms with Gasteiger partial charge in [-0.1, -0.05) is 6.07 Å². The van der Waals surface area contributed by atoms with Crippen LogP contribution in [0, 0.1) is 0 Å². The van der Waals surface area contributed by atoms with Gasteiger partial charge in [0.2, 0.25) is 0 Å². The number of amides is 1. The molecule has 4 heterocycles. The van der Waals surface area contributed by atoms with Gasteiger partial charge in [0.05, 0.1) is 35.4 Å². The number of piperidine rings is 1. The number of rotatable bonds is 2. The van der Waals surface area contributed by atoms with Crippen molar-refractivity contribution in [3.05, 3.63) is 45.9 Å². The first kappa shape index (κ1) is 17.4. The second-order valence-corrected chi connectivity index (χ2v) is 7.45. The Labute approximate surface area is 161 Å². The van der Waals surface area contributed by atoms with Gasteiger partial charge in [0.15, 0.2) is 0 Å². The second-order valence-electron chi connectivity index (χ2n) is 7.45. The molecule has 8 nitrogen and oxygen atoms in total. The van der Waals surface area contributed by atoms with E-state index >= 15 is 0 Å². The van der Waals surface area contributed by atoms with E-state index in [1.165, 1.54) is 0 Å². The molecular weight excluding hydrogens is 358 g/mol. The number of H-pyrrole nitrogens is 1. The summed E-state index contributed by atoms with van der Waals surface area (Å²) in [4.78, 5) is 30.3. The largest absolute Gasteiger partial charge is 0.378 e. The average molecular weight is 381 g/mol. The summed E-state index contributed by atoms with van der Waals surface area (Å²) in [5, 5.41) is 8.82. The summed E-state index contributed by atoms with van der Waals surface area (Å²) in [7, 11) is 0. The number of fused-ring (bicyclic) bond motifs is 3. The predicted octanol–water partition coefficient (Wildman–Crippen LogP) is 1.12. The van der Waals surface area contributed by atoms with Crippen molar-refractivity contribution in [2.75, 3.05) is 39.4 Å². The zero-order valence-corrected chi connectivity index (χ0v) is 15.6. The molecule has 2 saturated heterocycles. The van der Waals surface area contributed by atoms with E-state index in [0.717, 1.165) is 37.1 Å². The molecule has 0 atom stereocenters. The van der Waals surface area contributed by atoms with Crippen LogP contribution in [0.1, 0.15) is 34.8 Å². The molecule has 146 valence electrons. The predicted molar refractivity (Wildman–Crippen MR) is 105 cm³/mol. The number of morpholine rings is 1. The molecule has 28 heavy (non-hydrogen) atoms. The highest BCUT2D eigenvalue weighted by Crippen LogP contribution is 2.29. The van der Waals surface area contributed by atoms with E-state index in [9.17, 15) is 9.59 Å². The lowest BCUT2D eigenvalue weighted by molar-refractivity contribution is 0.0304. The Morgan fingerprint density at radius 2 is 1.96 bits per heavy atom. The first-order chi connectivity index (χ1) is 13.7. The van der Waals surface area contributed by atoms with Crippen LogP contribution in [0.3, 0.4) is 0 Å². The minimum absolute atomic E-state index is 0.0445. The molecule has 2 aromatic heterocycles. The molecule has 1 aromatic carbocycles. The molecule has 0 saturated carbocycles. The van der Waals surface area contributed by atoms with E-state index in [1.54, 1.807) is 11.0 Å². The number of hydrogen-bond donors (Lipinski definition) is 2. The maximum Gasteiger partial charge on any atom is 0.254 e. The minimum Gasteiger partial charge on any atom is -0.378 e. The van der Waals surface area contributed by atoms with Crippen LogP contribution in [0.15, 0.2) is 29.1 Å². The lowest BCUT2D eigenvalue weighted by atomic mass is 9.94. The van der Waals surface area contributed by atoms with Gasteiger partial charge in [-0.05, 0) is 38.1 Å². The molecule has 0 radical (unpaired) electrons. The fourth-order valence-corrected chi connectivity index (χ4v) is 4.31. The van der Waals surface area contributed by atoms with Crippen LogP contribution in [0.4, 0.5) is 0 Å². The fourth-order valence-electron chi connectivity index (χ4n) is 4.31. The number of benzene rings is 1. The third-order valence-corrected chi connectivity index (χ3v) is 5.75. The second kappa shape index (κ2) is 7.03.